The van der Waals surface area contributed by atoms with E-state index in [0.717, 1.165) is 16.7 Å². The van der Waals surface area contributed by atoms with Crippen LogP contribution in [-0.4, -0.2) is 13.4 Å². The Hall–Kier alpha value is -2.01. The first kappa shape index (κ1) is 15.4. The molecular weight excluding hydrogens is 279 g/mol. The van der Waals surface area contributed by atoms with Gasteiger partial charge in [0.15, 0.2) is 0 Å². The fourth-order valence-electron chi connectivity index (χ4n) is 2.13. The molecule has 2 rings (SSSR count). The number of hydrogen-bond acceptors (Lipinski definition) is 2. The van der Waals surface area contributed by atoms with Crippen molar-refractivity contribution in [2.45, 2.75) is 19.3 Å². The number of hydrogen-bond donors (Lipinski definition) is 1. The van der Waals surface area contributed by atoms with Gasteiger partial charge in [0.05, 0.1) is 0 Å². The molecule has 1 N–H and O–H groups in total. The number of ether oxygens (including phenoxy) is 1. The zero-order chi connectivity index (χ0) is 15.5. The molecule has 0 bridgehead atoms. The standard InChI is InChI=1S/C16H16F3NO/c1-11(20-2)14-5-3-4-6-15(14)12-7-9-13(10-8-12)21-16(17,18)19/h3-11,20H,1-2H3. The summed E-state index contributed by atoms with van der Waals surface area (Å²) in [5.74, 6) is -0.217. The predicted molar refractivity (Wildman–Crippen MR) is 76.0 cm³/mol. The van der Waals surface area contributed by atoms with Gasteiger partial charge in [-0.2, -0.15) is 0 Å². The van der Waals surface area contributed by atoms with Crippen molar-refractivity contribution >= 4 is 0 Å². The largest absolute Gasteiger partial charge is 0.573 e. The van der Waals surface area contributed by atoms with Crippen LogP contribution in [0.2, 0.25) is 0 Å². The summed E-state index contributed by atoms with van der Waals surface area (Å²) in [7, 11) is 1.86. The molecule has 112 valence electrons. The highest BCUT2D eigenvalue weighted by molar-refractivity contribution is 5.68. The molecular formula is C16H16F3NO. The van der Waals surface area contributed by atoms with E-state index in [1.807, 2.05) is 38.2 Å². The molecule has 0 spiro atoms. The Morgan fingerprint density at radius 2 is 1.62 bits per heavy atom. The number of nitrogens with one attached hydrogen (secondary N) is 1. The van der Waals surface area contributed by atoms with Gasteiger partial charge >= 0.3 is 6.36 Å². The molecule has 2 nitrogen and oxygen atoms in total. The predicted octanol–water partition coefficient (Wildman–Crippen LogP) is 4.53. The Morgan fingerprint density at radius 3 is 2.19 bits per heavy atom. The van der Waals surface area contributed by atoms with Crippen molar-refractivity contribution in [3.8, 4) is 16.9 Å². The van der Waals surface area contributed by atoms with E-state index in [-0.39, 0.29) is 11.8 Å². The van der Waals surface area contributed by atoms with Gasteiger partial charge in [0.25, 0.3) is 0 Å². The van der Waals surface area contributed by atoms with Gasteiger partial charge in [0.2, 0.25) is 0 Å². The fourth-order valence-corrected chi connectivity index (χ4v) is 2.13. The molecule has 0 aliphatic carbocycles. The normalized spacial score (nSPS) is 13.0. The molecule has 5 heteroatoms. The Labute approximate surface area is 121 Å². The molecule has 2 aromatic rings. The summed E-state index contributed by atoms with van der Waals surface area (Å²) in [6.45, 7) is 2.03. The van der Waals surface area contributed by atoms with Gasteiger partial charge in [-0.25, -0.2) is 0 Å². The van der Waals surface area contributed by atoms with E-state index in [9.17, 15) is 13.2 Å². The van der Waals surface area contributed by atoms with Crippen LogP contribution in [0.4, 0.5) is 13.2 Å². The van der Waals surface area contributed by atoms with Gasteiger partial charge in [-0.05, 0) is 42.8 Å². The molecule has 0 heterocycles. The van der Waals surface area contributed by atoms with Gasteiger partial charge in [-0.1, -0.05) is 36.4 Å². The first-order chi connectivity index (χ1) is 9.90. The summed E-state index contributed by atoms with van der Waals surface area (Å²) < 4.78 is 40.3. The maximum Gasteiger partial charge on any atom is 0.573 e. The van der Waals surface area contributed by atoms with Crippen LogP contribution in [0.25, 0.3) is 11.1 Å². The Morgan fingerprint density at radius 1 is 1.00 bits per heavy atom. The minimum atomic E-state index is -4.67. The van der Waals surface area contributed by atoms with Gasteiger partial charge in [-0.15, -0.1) is 13.2 Å². The number of alkyl halides is 3. The molecule has 21 heavy (non-hydrogen) atoms. The van der Waals surface area contributed by atoms with Crippen LogP contribution >= 0.6 is 0 Å². The fraction of sp³-hybridized carbons (Fsp3) is 0.250. The maximum atomic E-state index is 12.2. The molecule has 1 unspecified atom stereocenters. The van der Waals surface area contributed by atoms with E-state index in [4.69, 9.17) is 0 Å². The van der Waals surface area contributed by atoms with Crippen LogP contribution in [0.3, 0.4) is 0 Å². The van der Waals surface area contributed by atoms with Crippen molar-refractivity contribution in [1.29, 1.82) is 0 Å². The topological polar surface area (TPSA) is 21.3 Å². The lowest BCUT2D eigenvalue weighted by atomic mass is 9.95. The number of benzene rings is 2. The molecule has 1 atom stereocenters. The third-order valence-electron chi connectivity index (χ3n) is 3.26. The zero-order valence-corrected chi connectivity index (χ0v) is 11.7. The summed E-state index contributed by atoms with van der Waals surface area (Å²) in [5, 5.41) is 3.16. The van der Waals surface area contributed by atoms with Crippen LogP contribution in [0.15, 0.2) is 48.5 Å². The molecule has 0 aromatic heterocycles. The quantitative estimate of drug-likeness (QED) is 0.894. The van der Waals surface area contributed by atoms with Gasteiger partial charge < -0.3 is 10.1 Å². The Balaban J connectivity index is 2.31. The molecule has 0 radical (unpaired) electrons. The van der Waals surface area contributed by atoms with Crippen molar-refractivity contribution in [3.63, 3.8) is 0 Å². The first-order valence-corrected chi connectivity index (χ1v) is 6.53. The van der Waals surface area contributed by atoms with E-state index >= 15 is 0 Å². The summed E-state index contributed by atoms with van der Waals surface area (Å²) in [6.07, 6.45) is -4.67. The maximum absolute atomic E-state index is 12.2. The molecule has 0 amide bonds. The summed E-state index contributed by atoms with van der Waals surface area (Å²) in [5.41, 5.74) is 2.92. The minimum Gasteiger partial charge on any atom is -0.406 e. The van der Waals surface area contributed by atoms with E-state index in [0.29, 0.717) is 0 Å². The highest BCUT2D eigenvalue weighted by Crippen LogP contribution is 2.30. The van der Waals surface area contributed by atoms with Crippen molar-refractivity contribution in [1.82, 2.24) is 5.32 Å². The number of rotatable bonds is 4. The second-order valence-corrected chi connectivity index (χ2v) is 4.67. The Kier molecular flexibility index (Phi) is 4.53. The molecule has 0 aliphatic rings. The lowest BCUT2D eigenvalue weighted by Gasteiger charge is -2.16. The summed E-state index contributed by atoms with van der Waals surface area (Å²) in [4.78, 5) is 0. The minimum absolute atomic E-state index is 0.146. The van der Waals surface area contributed by atoms with Crippen molar-refractivity contribution < 1.29 is 17.9 Å². The van der Waals surface area contributed by atoms with Crippen molar-refractivity contribution in [2.24, 2.45) is 0 Å². The van der Waals surface area contributed by atoms with Crippen LogP contribution in [0, 0.1) is 0 Å². The molecule has 2 aromatic carbocycles. The molecule has 0 aliphatic heterocycles. The van der Waals surface area contributed by atoms with E-state index in [2.05, 4.69) is 10.1 Å². The monoisotopic (exact) mass is 295 g/mol. The lowest BCUT2D eigenvalue weighted by Crippen LogP contribution is -2.17. The van der Waals surface area contributed by atoms with Gasteiger partial charge in [0.1, 0.15) is 5.75 Å². The highest BCUT2D eigenvalue weighted by Gasteiger charge is 2.30. The first-order valence-electron chi connectivity index (χ1n) is 6.53. The van der Waals surface area contributed by atoms with Crippen LogP contribution in [0.5, 0.6) is 5.75 Å². The molecule has 0 fully saturated rings. The SMILES string of the molecule is CNC(C)c1ccccc1-c1ccc(OC(F)(F)F)cc1. The third kappa shape index (κ3) is 3.98. The molecule has 0 saturated heterocycles. The van der Waals surface area contributed by atoms with Gasteiger partial charge in [0, 0.05) is 6.04 Å². The van der Waals surface area contributed by atoms with Crippen LogP contribution in [-0.2, 0) is 0 Å². The molecule has 0 saturated carbocycles. The lowest BCUT2D eigenvalue weighted by molar-refractivity contribution is -0.274. The van der Waals surface area contributed by atoms with E-state index in [1.54, 1.807) is 12.1 Å². The number of halogens is 3. The average molecular weight is 295 g/mol. The van der Waals surface area contributed by atoms with Crippen molar-refractivity contribution in [3.05, 3.63) is 54.1 Å². The average Bonchev–Trinajstić information content (AvgIpc) is 2.45. The highest BCUT2D eigenvalue weighted by atomic mass is 19.4. The van der Waals surface area contributed by atoms with E-state index < -0.39 is 6.36 Å². The van der Waals surface area contributed by atoms with Crippen LogP contribution < -0.4 is 10.1 Å². The summed E-state index contributed by atoms with van der Waals surface area (Å²) >= 11 is 0. The smallest absolute Gasteiger partial charge is 0.406 e. The van der Waals surface area contributed by atoms with Crippen LogP contribution in [0.1, 0.15) is 18.5 Å². The van der Waals surface area contributed by atoms with Crippen molar-refractivity contribution in [2.75, 3.05) is 7.05 Å². The second kappa shape index (κ2) is 6.18. The van der Waals surface area contributed by atoms with E-state index in [1.165, 1.54) is 12.1 Å². The third-order valence-corrected chi connectivity index (χ3v) is 3.26. The second-order valence-electron chi connectivity index (χ2n) is 4.67. The summed E-state index contributed by atoms with van der Waals surface area (Å²) in [6, 6.07) is 13.8. The Bertz CT molecular complexity index is 593. The van der Waals surface area contributed by atoms with Gasteiger partial charge in [-0.3, -0.25) is 0 Å². The zero-order valence-electron chi connectivity index (χ0n) is 11.7.